The molecule has 0 aromatic heterocycles. The number of carbonyl (C=O) groups excluding carboxylic acids is 4. The molecule has 3 aromatic carbocycles. The predicted octanol–water partition coefficient (Wildman–Crippen LogP) is 7.87. The van der Waals surface area contributed by atoms with E-state index in [0.29, 0.717) is 51.7 Å². The smallest absolute Gasteiger partial charge is 0.338 e. The van der Waals surface area contributed by atoms with E-state index in [0.717, 1.165) is 11.8 Å². The first-order valence-electron chi connectivity index (χ1n) is 13.4. The molecule has 0 heterocycles. The molecule has 0 aliphatic rings. The number of hydrogen-bond acceptors (Lipinski definition) is 8. The lowest BCUT2D eigenvalue weighted by Crippen LogP contribution is -2.08. The maximum atomic E-state index is 12.3. The molecule has 0 saturated heterocycles. The normalized spacial score (nSPS) is 9.95. The Balaban J connectivity index is 0.000000944. The van der Waals surface area contributed by atoms with Crippen LogP contribution in [0.5, 0.6) is 23.0 Å². The highest BCUT2D eigenvalue weighted by Crippen LogP contribution is 2.41. The lowest BCUT2D eigenvalue weighted by atomic mass is 9.97. The van der Waals surface area contributed by atoms with Crippen molar-refractivity contribution in [2.45, 2.75) is 34.6 Å². The van der Waals surface area contributed by atoms with E-state index in [1.807, 2.05) is 13.8 Å². The fraction of sp³-hybridized carbons (Fsp3) is 0.167. The van der Waals surface area contributed by atoms with E-state index in [9.17, 15) is 19.2 Å². The minimum absolute atomic E-state index is 0.290. The molecule has 0 radical (unpaired) electrons. The summed E-state index contributed by atoms with van der Waals surface area (Å²) in [5.74, 6) is 0.541. The molecule has 0 saturated carbocycles. The summed E-state index contributed by atoms with van der Waals surface area (Å²) in [5.41, 5.74) is 4.20. The molecule has 0 bridgehead atoms. The molecule has 8 heteroatoms. The maximum absolute atomic E-state index is 12.3. The van der Waals surface area contributed by atoms with Gasteiger partial charge in [0.15, 0.2) is 0 Å². The van der Waals surface area contributed by atoms with Crippen LogP contribution < -0.4 is 18.9 Å². The van der Waals surface area contributed by atoms with Crippen molar-refractivity contribution in [1.29, 1.82) is 0 Å². The minimum Gasteiger partial charge on any atom is -0.496 e. The molecule has 0 fully saturated rings. The highest BCUT2D eigenvalue weighted by molar-refractivity contribution is 5.90. The fourth-order valence-corrected chi connectivity index (χ4v) is 3.29. The molecular formula is C36H38O8. The van der Waals surface area contributed by atoms with Gasteiger partial charge in [0, 0.05) is 22.8 Å². The number of rotatable bonds is 10. The van der Waals surface area contributed by atoms with Gasteiger partial charge in [-0.25, -0.2) is 9.59 Å². The molecule has 0 atom stereocenters. The van der Waals surface area contributed by atoms with Gasteiger partial charge in [0.1, 0.15) is 29.3 Å². The Bertz CT molecular complexity index is 1490. The van der Waals surface area contributed by atoms with E-state index in [4.69, 9.17) is 18.9 Å². The second kappa shape index (κ2) is 19.6. The number of aldehydes is 1. The van der Waals surface area contributed by atoms with Crippen LogP contribution in [0.25, 0.3) is 22.3 Å². The topological polar surface area (TPSA) is 105 Å². The van der Waals surface area contributed by atoms with Gasteiger partial charge < -0.3 is 18.9 Å². The van der Waals surface area contributed by atoms with E-state index in [-0.39, 0.29) is 0 Å². The average Bonchev–Trinajstić information content (AvgIpc) is 2.98. The lowest BCUT2D eigenvalue weighted by molar-refractivity contribution is -0.130. The molecular weight excluding hydrogens is 560 g/mol. The van der Waals surface area contributed by atoms with Gasteiger partial charge in [0.25, 0.3) is 6.47 Å². The molecule has 0 N–H and O–H groups in total. The third-order valence-corrected chi connectivity index (χ3v) is 5.16. The summed E-state index contributed by atoms with van der Waals surface area (Å²) < 4.78 is 21.4. The Hall–Kier alpha value is -5.50. The summed E-state index contributed by atoms with van der Waals surface area (Å²) >= 11 is 0. The molecule has 3 aromatic rings. The summed E-state index contributed by atoms with van der Waals surface area (Å²) in [6, 6.07) is 17.1. The van der Waals surface area contributed by atoms with Crippen molar-refractivity contribution >= 4 is 24.7 Å². The Morgan fingerprint density at radius 2 is 1.23 bits per heavy atom. The number of benzene rings is 3. The van der Waals surface area contributed by atoms with Crippen LogP contribution in [0.15, 0.2) is 109 Å². The second-order valence-corrected chi connectivity index (χ2v) is 9.27. The fourth-order valence-electron chi connectivity index (χ4n) is 3.29. The summed E-state index contributed by atoms with van der Waals surface area (Å²) in [4.78, 5) is 44.0. The zero-order valence-electron chi connectivity index (χ0n) is 25.9. The van der Waals surface area contributed by atoms with Crippen LogP contribution in [0.2, 0.25) is 0 Å². The van der Waals surface area contributed by atoms with Gasteiger partial charge >= 0.3 is 11.9 Å². The second-order valence-electron chi connectivity index (χ2n) is 9.27. The molecule has 3 rings (SSSR count). The molecule has 0 spiro atoms. The van der Waals surface area contributed by atoms with Crippen LogP contribution in [0.4, 0.5) is 0 Å². The first-order chi connectivity index (χ1) is 21.0. The van der Waals surface area contributed by atoms with Crippen LogP contribution in [-0.2, 0) is 19.2 Å². The first kappa shape index (κ1) is 36.5. The monoisotopic (exact) mass is 598 g/mol. The van der Waals surface area contributed by atoms with Gasteiger partial charge in [0.2, 0.25) is 0 Å². The van der Waals surface area contributed by atoms with Gasteiger partial charge in [0.05, 0.1) is 7.11 Å². The van der Waals surface area contributed by atoms with Crippen LogP contribution >= 0.6 is 0 Å². The molecule has 0 unspecified atom stereocenters. The predicted molar refractivity (Wildman–Crippen MR) is 173 cm³/mol. The third-order valence-electron chi connectivity index (χ3n) is 5.16. The Kier molecular flexibility index (Phi) is 16.3. The minimum atomic E-state index is -0.536. The van der Waals surface area contributed by atoms with Gasteiger partial charge in [-0.2, -0.15) is 0 Å². The highest BCUT2D eigenvalue weighted by Gasteiger charge is 2.17. The van der Waals surface area contributed by atoms with Crippen molar-refractivity contribution in [2.24, 2.45) is 0 Å². The summed E-state index contributed by atoms with van der Waals surface area (Å²) in [6.45, 7) is 16.5. The first-order valence-corrected chi connectivity index (χ1v) is 13.4. The van der Waals surface area contributed by atoms with Crippen LogP contribution in [0, 0.1) is 0 Å². The SMILES string of the molecule is C/C=C/C=O.C=C(C)C.C=C(C)C(=O)Oc1ccc(-c2cc(OC)c(-c3ccc(OC=O)cc3)cc2OC(=O)/C=C/C)cc1. The standard InChI is InChI=1S/C28H24O7.C4H6O.C4H8/c1-5-6-27(30)35-26-16-23(19-7-11-21(12-8-19)33-17-29)25(32-4)15-24(26)20-9-13-22(14-10-20)34-28(31)18(2)3;1-2-3-4-5;1-4(2)3/h5-17H,2H2,1,3-4H3;2-4H,1H3;1H2,2-3H3/b6-5+;3-2+;. The number of allylic oxidation sites excluding steroid dienone is 4. The van der Waals surface area contributed by atoms with E-state index in [1.165, 1.54) is 24.8 Å². The molecule has 44 heavy (non-hydrogen) atoms. The molecule has 8 nitrogen and oxygen atoms in total. The Morgan fingerprint density at radius 3 is 1.64 bits per heavy atom. The molecule has 0 amide bonds. The summed E-state index contributed by atoms with van der Waals surface area (Å²) in [5, 5.41) is 0. The van der Waals surface area contributed by atoms with Crippen molar-refractivity contribution in [2.75, 3.05) is 7.11 Å². The number of carbonyl (C=O) groups is 4. The highest BCUT2D eigenvalue weighted by atomic mass is 16.5. The largest absolute Gasteiger partial charge is 0.496 e. The third kappa shape index (κ3) is 12.6. The van der Waals surface area contributed by atoms with E-state index in [2.05, 4.69) is 13.2 Å². The average molecular weight is 599 g/mol. The molecule has 0 aliphatic carbocycles. The zero-order valence-corrected chi connectivity index (χ0v) is 25.9. The zero-order chi connectivity index (χ0) is 33.1. The quantitative estimate of drug-likeness (QED) is 0.0763. The van der Waals surface area contributed by atoms with Gasteiger partial charge in [-0.1, -0.05) is 48.6 Å². The van der Waals surface area contributed by atoms with Crippen molar-refractivity contribution in [1.82, 2.24) is 0 Å². The lowest BCUT2D eigenvalue weighted by Gasteiger charge is -2.16. The van der Waals surface area contributed by atoms with Gasteiger partial charge in [-0.15, -0.1) is 6.58 Å². The number of ether oxygens (including phenoxy) is 4. The Labute approximate surface area is 258 Å². The summed E-state index contributed by atoms with van der Waals surface area (Å²) in [7, 11) is 1.54. The molecule has 0 aliphatic heterocycles. The summed E-state index contributed by atoms with van der Waals surface area (Å²) in [6.07, 6.45) is 6.79. The van der Waals surface area contributed by atoms with Gasteiger partial charge in [-0.05, 0) is 88.2 Å². The van der Waals surface area contributed by atoms with Crippen LogP contribution in [0.1, 0.15) is 34.6 Å². The Morgan fingerprint density at radius 1 is 0.727 bits per heavy atom. The van der Waals surface area contributed by atoms with Gasteiger partial charge in [-0.3, -0.25) is 9.59 Å². The van der Waals surface area contributed by atoms with E-state index in [1.54, 1.807) is 93.6 Å². The molecule has 230 valence electrons. The number of methoxy groups -OCH3 is 1. The van der Waals surface area contributed by atoms with Crippen molar-refractivity contribution in [3.63, 3.8) is 0 Å². The van der Waals surface area contributed by atoms with Crippen LogP contribution in [-0.4, -0.2) is 31.8 Å². The van der Waals surface area contributed by atoms with Crippen LogP contribution in [0.3, 0.4) is 0 Å². The van der Waals surface area contributed by atoms with Crippen molar-refractivity contribution in [3.05, 3.63) is 109 Å². The number of esters is 2. The van der Waals surface area contributed by atoms with E-state index < -0.39 is 11.9 Å². The number of hydrogen-bond donors (Lipinski definition) is 0. The van der Waals surface area contributed by atoms with Crippen molar-refractivity contribution in [3.8, 4) is 45.3 Å². The maximum Gasteiger partial charge on any atom is 0.338 e. The van der Waals surface area contributed by atoms with Crippen molar-refractivity contribution < 1.29 is 38.1 Å². The van der Waals surface area contributed by atoms with E-state index >= 15 is 0 Å².